The van der Waals surface area contributed by atoms with Crippen molar-refractivity contribution in [1.82, 2.24) is 9.62 Å². The highest BCUT2D eigenvalue weighted by atomic mass is 35.5. The minimum atomic E-state index is -4.10. The smallest absolute Gasteiger partial charge is 0.270 e. The number of nitrogens with one attached hydrogen (secondary N) is 1. The second-order valence-corrected chi connectivity index (χ2v) is 6.51. The van der Waals surface area contributed by atoms with E-state index in [0.29, 0.717) is 6.54 Å². The number of halogens is 1. The van der Waals surface area contributed by atoms with E-state index in [0.717, 1.165) is 22.5 Å². The lowest BCUT2D eigenvalue weighted by atomic mass is 10.3. The van der Waals surface area contributed by atoms with Crippen LogP contribution in [-0.4, -0.2) is 43.7 Å². The van der Waals surface area contributed by atoms with Crippen molar-refractivity contribution in [2.75, 3.05) is 20.1 Å². The Morgan fingerprint density at radius 2 is 2.10 bits per heavy atom. The van der Waals surface area contributed by atoms with Crippen LogP contribution >= 0.6 is 11.6 Å². The molecule has 0 aliphatic carbocycles. The minimum absolute atomic E-state index is 0.150. The van der Waals surface area contributed by atoms with Crippen LogP contribution in [0.2, 0.25) is 5.02 Å². The molecule has 1 aromatic rings. The summed E-state index contributed by atoms with van der Waals surface area (Å²) in [6, 6.07) is 3.10. The van der Waals surface area contributed by atoms with E-state index in [1.807, 2.05) is 0 Å². The van der Waals surface area contributed by atoms with E-state index in [2.05, 4.69) is 5.32 Å². The number of nitro groups is 1. The first-order chi connectivity index (χ1) is 9.70. The predicted octanol–water partition coefficient (Wildman–Crippen LogP) is 1.00. The molecule has 0 unspecified atom stereocenters. The summed E-state index contributed by atoms with van der Waals surface area (Å²) in [5.41, 5.74) is -0.399. The van der Waals surface area contributed by atoms with Gasteiger partial charge in [-0.15, -0.1) is 0 Å². The lowest BCUT2D eigenvalue weighted by molar-refractivity contribution is -0.385. The Morgan fingerprint density at radius 3 is 2.62 bits per heavy atom. The van der Waals surface area contributed by atoms with Crippen molar-refractivity contribution in [3.63, 3.8) is 0 Å². The molecule has 8 nitrogen and oxygen atoms in total. The number of hydrogen-bond donors (Lipinski definition) is 1. The number of nitro benzene ring substituents is 1. The van der Waals surface area contributed by atoms with E-state index < -0.39 is 38.0 Å². The number of rotatable bonds is 6. The third-order valence-electron chi connectivity index (χ3n) is 2.55. The van der Waals surface area contributed by atoms with Crippen LogP contribution in [0.1, 0.15) is 6.92 Å². The SMILES string of the molecule is CCNC(=O)CN(C)S(=O)(=O)c1cc([N+](=O)[O-])ccc1Cl. The summed E-state index contributed by atoms with van der Waals surface area (Å²) in [6.45, 7) is 1.66. The summed E-state index contributed by atoms with van der Waals surface area (Å²) in [4.78, 5) is 21.0. The van der Waals surface area contributed by atoms with Gasteiger partial charge < -0.3 is 5.32 Å². The molecule has 0 saturated heterocycles. The lowest BCUT2D eigenvalue weighted by Crippen LogP contribution is -2.38. The van der Waals surface area contributed by atoms with Crippen molar-refractivity contribution in [1.29, 1.82) is 0 Å². The lowest BCUT2D eigenvalue weighted by Gasteiger charge is -2.17. The number of amides is 1. The molecule has 21 heavy (non-hydrogen) atoms. The monoisotopic (exact) mass is 335 g/mol. The zero-order valence-electron chi connectivity index (χ0n) is 11.4. The number of sulfonamides is 1. The number of non-ortho nitro benzene ring substituents is 1. The summed E-state index contributed by atoms with van der Waals surface area (Å²) in [7, 11) is -2.91. The van der Waals surface area contributed by atoms with Gasteiger partial charge in [0.25, 0.3) is 5.69 Å². The van der Waals surface area contributed by atoms with Gasteiger partial charge in [-0.1, -0.05) is 11.6 Å². The molecule has 1 rings (SSSR count). The molecule has 0 aliphatic rings. The molecule has 0 atom stereocenters. The molecule has 116 valence electrons. The molecule has 0 fully saturated rings. The van der Waals surface area contributed by atoms with Gasteiger partial charge in [-0.25, -0.2) is 8.42 Å². The number of hydrogen-bond acceptors (Lipinski definition) is 5. The van der Waals surface area contributed by atoms with Gasteiger partial charge in [0.1, 0.15) is 4.90 Å². The normalized spacial score (nSPS) is 11.4. The van der Waals surface area contributed by atoms with E-state index >= 15 is 0 Å². The Labute approximate surface area is 126 Å². The van der Waals surface area contributed by atoms with Gasteiger partial charge in [0.15, 0.2) is 0 Å². The van der Waals surface area contributed by atoms with Gasteiger partial charge in [0.05, 0.1) is 16.5 Å². The van der Waals surface area contributed by atoms with Gasteiger partial charge >= 0.3 is 0 Å². The van der Waals surface area contributed by atoms with Crippen LogP contribution in [-0.2, 0) is 14.8 Å². The summed E-state index contributed by atoms with van der Waals surface area (Å²) in [5, 5.41) is 13.0. The molecule has 0 bridgehead atoms. The highest BCUT2D eigenvalue weighted by molar-refractivity contribution is 7.89. The zero-order chi connectivity index (χ0) is 16.2. The third kappa shape index (κ3) is 4.13. The molecule has 1 aromatic carbocycles. The Balaban J connectivity index is 3.15. The second kappa shape index (κ2) is 6.83. The number of nitrogens with zero attached hydrogens (tertiary/aromatic N) is 2. The van der Waals surface area contributed by atoms with Gasteiger partial charge in [0.2, 0.25) is 15.9 Å². The molecule has 0 spiro atoms. The average molecular weight is 336 g/mol. The maximum atomic E-state index is 12.3. The summed E-state index contributed by atoms with van der Waals surface area (Å²) in [5.74, 6) is -0.481. The Bertz CT molecular complexity index is 662. The molecular weight excluding hydrogens is 322 g/mol. The zero-order valence-corrected chi connectivity index (χ0v) is 12.9. The first-order valence-corrected chi connectivity index (χ1v) is 7.69. The highest BCUT2D eigenvalue weighted by Gasteiger charge is 2.27. The molecule has 0 radical (unpaired) electrons. The second-order valence-electron chi connectivity index (χ2n) is 4.09. The van der Waals surface area contributed by atoms with Gasteiger partial charge in [-0.2, -0.15) is 4.31 Å². The average Bonchev–Trinajstić information content (AvgIpc) is 2.38. The van der Waals surface area contributed by atoms with Crippen molar-refractivity contribution in [3.8, 4) is 0 Å². The van der Waals surface area contributed by atoms with E-state index in [1.165, 1.54) is 7.05 Å². The molecule has 1 N–H and O–H groups in total. The molecule has 0 aromatic heterocycles. The highest BCUT2D eigenvalue weighted by Crippen LogP contribution is 2.28. The molecular formula is C11H14ClN3O5S. The molecule has 0 heterocycles. The topological polar surface area (TPSA) is 110 Å². The van der Waals surface area contributed by atoms with Gasteiger partial charge in [0, 0.05) is 25.7 Å². The number of carbonyl (C=O) groups excluding carboxylic acids is 1. The molecule has 1 amide bonds. The molecule has 0 aliphatic heterocycles. The van der Waals surface area contributed by atoms with Crippen molar-refractivity contribution >= 4 is 33.2 Å². The predicted molar refractivity (Wildman–Crippen MR) is 76.6 cm³/mol. The van der Waals surface area contributed by atoms with E-state index in [4.69, 9.17) is 11.6 Å². The van der Waals surface area contributed by atoms with Crippen molar-refractivity contribution in [2.24, 2.45) is 0 Å². The Hall–Kier alpha value is -1.71. The summed E-state index contributed by atoms with van der Waals surface area (Å²) >= 11 is 5.80. The van der Waals surface area contributed by atoms with Crippen molar-refractivity contribution in [3.05, 3.63) is 33.3 Å². The van der Waals surface area contributed by atoms with Crippen molar-refractivity contribution in [2.45, 2.75) is 11.8 Å². The third-order valence-corrected chi connectivity index (χ3v) is 4.84. The van der Waals surface area contributed by atoms with Crippen LogP contribution in [0.25, 0.3) is 0 Å². The van der Waals surface area contributed by atoms with Crippen LogP contribution in [0.4, 0.5) is 5.69 Å². The quantitative estimate of drug-likeness (QED) is 0.616. The fourth-order valence-electron chi connectivity index (χ4n) is 1.51. The van der Waals surface area contributed by atoms with Crippen LogP contribution < -0.4 is 5.32 Å². The summed E-state index contributed by atoms with van der Waals surface area (Å²) in [6.07, 6.45) is 0. The van der Waals surface area contributed by atoms with E-state index in [9.17, 15) is 23.3 Å². The van der Waals surface area contributed by atoms with Crippen molar-refractivity contribution < 1.29 is 18.1 Å². The number of likely N-dealkylation sites (N-methyl/N-ethyl adjacent to an activating group) is 2. The van der Waals surface area contributed by atoms with E-state index in [-0.39, 0.29) is 5.02 Å². The Kier molecular flexibility index (Phi) is 5.64. The van der Waals surface area contributed by atoms with Crippen LogP contribution in [0, 0.1) is 10.1 Å². The first kappa shape index (κ1) is 17.3. The van der Waals surface area contributed by atoms with E-state index in [1.54, 1.807) is 6.92 Å². The van der Waals surface area contributed by atoms with Crippen LogP contribution in [0.3, 0.4) is 0 Å². The molecule has 0 saturated carbocycles. The fraction of sp³-hybridized carbons (Fsp3) is 0.364. The number of benzene rings is 1. The number of carbonyl (C=O) groups is 1. The van der Waals surface area contributed by atoms with Gasteiger partial charge in [-0.05, 0) is 13.0 Å². The standard InChI is InChI=1S/C11H14ClN3O5S/c1-3-13-11(16)7-14(2)21(19,20)10-6-8(15(17)18)4-5-9(10)12/h4-6H,3,7H2,1-2H3,(H,13,16). The summed E-state index contributed by atoms with van der Waals surface area (Å²) < 4.78 is 25.4. The largest absolute Gasteiger partial charge is 0.355 e. The van der Waals surface area contributed by atoms with Crippen LogP contribution in [0.5, 0.6) is 0 Å². The first-order valence-electron chi connectivity index (χ1n) is 5.87. The van der Waals surface area contributed by atoms with Gasteiger partial charge in [-0.3, -0.25) is 14.9 Å². The fourth-order valence-corrected chi connectivity index (χ4v) is 3.13. The van der Waals surface area contributed by atoms with Crippen LogP contribution in [0.15, 0.2) is 23.1 Å². The maximum absolute atomic E-state index is 12.3. The minimum Gasteiger partial charge on any atom is -0.355 e. The maximum Gasteiger partial charge on any atom is 0.270 e. The Morgan fingerprint density at radius 1 is 1.48 bits per heavy atom. The molecule has 10 heteroatoms.